The molecule has 18 heavy (non-hydrogen) atoms. The normalized spacial score (nSPS) is 19.3. The molecule has 1 saturated heterocycles. The number of carbonyl (C=O) groups excluding carboxylic acids is 1. The first-order valence-corrected chi connectivity index (χ1v) is 6.20. The number of piperidine rings is 1. The molecular weight excluding hydrogens is 248 g/mol. The van der Waals surface area contributed by atoms with Crippen LogP contribution in [0.25, 0.3) is 0 Å². The molecule has 1 heterocycles. The summed E-state index contributed by atoms with van der Waals surface area (Å²) in [5, 5.41) is 0. The summed E-state index contributed by atoms with van der Waals surface area (Å²) in [7, 11) is 0. The number of carbonyl (C=O) groups is 1. The van der Waals surface area contributed by atoms with Crippen LogP contribution in [-0.4, -0.2) is 29.9 Å². The van der Waals surface area contributed by atoms with Gasteiger partial charge in [-0.15, -0.1) is 12.4 Å². The van der Waals surface area contributed by atoms with Crippen molar-refractivity contribution in [3.05, 3.63) is 34.9 Å². The van der Waals surface area contributed by atoms with E-state index in [1.165, 1.54) is 5.56 Å². The summed E-state index contributed by atoms with van der Waals surface area (Å²) in [6.07, 6.45) is 2.04. The Labute approximate surface area is 115 Å². The van der Waals surface area contributed by atoms with E-state index in [1.807, 2.05) is 30.0 Å². The van der Waals surface area contributed by atoms with Gasteiger partial charge in [-0.2, -0.15) is 0 Å². The van der Waals surface area contributed by atoms with Gasteiger partial charge in [0.05, 0.1) is 0 Å². The molecule has 100 valence electrons. The van der Waals surface area contributed by atoms with Crippen molar-refractivity contribution in [3.63, 3.8) is 0 Å². The maximum Gasteiger partial charge on any atom is 0.253 e. The molecule has 0 aromatic heterocycles. The first kappa shape index (κ1) is 15.0. The van der Waals surface area contributed by atoms with Crippen molar-refractivity contribution < 1.29 is 4.79 Å². The van der Waals surface area contributed by atoms with Crippen molar-refractivity contribution in [1.82, 2.24) is 4.90 Å². The standard InChI is InChI=1S/C14H20N2O.ClH/c1-10-5-6-12(8-11(10)2)14(17)16-7-3-4-13(15)9-16;/h5-6,8,13H,3-4,7,9,15H2,1-2H3;1H. The second-order valence-corrected chi connectivity index (χ2v) is 4.95. The summed E-state index contributed by atoms with van der Waals surface area (Å²) in [6.45, 7) is 5.61. The SMILES string of the molecule is Cc1ccc(C(=O)N2CCCC(N)C2)cc1C.Cl. The lowest BCUT2D eigenvalue weighted by Crippen LogP contribution is -2.45. The first-order chi connectivity index (χ1) is 8.08. The van der Waals surface area contributed by atoms with E-state index in [9.17, 15) is 4.79 Å². The van der Waals surface area contributed by atoms with Crippen LogP contribution >= 0.6 is 12.4 Å². The van der Waals surface area contributed by atoms with Gasteiger partial charge in [-0.25, -0.2) is 0 Å². The molecule has 1 aromatic carbocycles. The summed E-state index contributed by atoms with van der Waals surface area (Å²) < 4.78 is 0. The lowest BCUT2D eigenvalue weighted by molar-refractivity contribution is 0.0708. The zero-order chi connectivity index (χ0) is 12.4. The molecule has 0 spiro atoms. The molecule has 1 aliphatic heterocycles. The van der Waals surface area contributed by atoms with Crippen LogP contribution in [0.2, 0.25) is 0 Å². The Morgan fingerprint density at radius 1 is 1.33 bits per heavy atom. The van der Waals surface area contributed by atoms with Crippen LogP contribution in [0, 0.1) is 13.8 Å². The number of rotatable bonds is 1. The van der Waals surface area contributed by atoms with Gasteiger partial charge in [0.2, 0.25) is 0 Å². The Balaban J connectivity index is 0.00000162. The molecule has 1 fully saturated rings. The number of amides is 1. The van der Waals surface area contributed by atoms with Crippen LogP contribution in [0.3, 0.4) is 0 Å². The molecule has 0 radical (unpaired) electrons. The van der Waals surface area contributed by atoms with Crippen molar-refractivity contribution in [1.29, 1.82) is 0 Å². The Kier molecular flexibility index (Phi) is 5.17. The fraction of sp³-hybridized carbons (Fsp3) is 0.500. The third kappa shape index (κ3) is 3.24. The van der Waals surface area contributed by atoms with E-state index in [-0.39, 0.29) is 24.4 Å². The lowest BCUT2D eigenvalue weighted by atomic mass is 10.0. The average molecular weight is 269 g/mol. The summed E-state index contributed by atoms with van der Waals surface area (Å²) in [5.74, 6) is 0.114. The number of aryl methyl sites for hydroxylation is 2. The highest BCUT2D eigenvalue weighted by Gasteiger charge is 2.22. The van der Waals surface area contributed by atoms with Crippen LogP contribution in [0.5, 0.6) is 0 Å². The molecule has 1 unspecified atom stereocenters. The number of nitrogens with two attached hydrogens (primary N) is 1. The summed E-state index contributed by atoms with van der Waals surface area (Å²) in [5.41, 5.74) is 9.06. The fourth-order valence-corrected chi connectivity index (χ4v) is 2.25. The highest BCUT2D eigenvalue weighted by Crippen LogP contribution is 2.15. The van der Waals surface area contributed by atoms with Crippen molar-refractivity contribution in [3.8, 4) is 0 Å². The average Bonchev–Trinajstić information content (AvgIpc) is 2.32. The van der Waals surface area contributed by atoms with Crippen LogP contribution in [0.15, 0.2) is 18.2 Å². The molecule has 1 amide bonds. The van der Waals surface area contributed by atoms with Gasteiger partial charge in [0.25, 0.3) is 5.91 Å². The van der Waals surface area contributed by atoms with E-state index in [4.69, 9.17) is 5.73 Å². The van der Waals surface area contributed by atoms with E-state index in [0.29, 0.717) is 6.54 Å². The highest BCUT2D eigenvalue weighted by molar-refractivity contribution is 5.94. The van der Waals surface area contributed by atoms with Crippen molar-refractivity contribution in [2.45, 2.75) is 32.7 Å². The largest absolute Gasteiger partial charge is 0.337 e. The van der Waals surface area contributed by atoms with E-state index in [1.54, 1.807) is 0 Å². The maximum atomic E-state index is 12.3. The van der Waals surface area contributed by atoms with Gasteiger partial charge in [0, 0.05) is 24.7 Å². The van der Waals surface area contributed by atoms with Gasteiger partial charge in [-0.3, -0.25) is 4.79 Å². The summed E-state index contributed by atoms with van der Waals surface area (Å²) in [4.78, 5) is 14.2. The zero-order valence-electron chi connectivity index (χ0n) is 11.0. The van der Waals surface area contributed by atoms with E-state index in [0.717, 1.165) is 30.5 Å². The molecule has 2 N–H and O–H groups in total. The Bertz CT molecular complexity index is 434. The molecule has 0 saturated carbocycles. The minimum Gasteiger partial charge on any atom is -0.337 e. The predicted molar refractivity (Wildman–Crippen MR) is 76.3 cm³/mol. The molecule has 3 nitrogen and oxygen atoms in total. The van der Waals surface area contributed by atoms with Crippen molar-refractivity contribution >= 4 is 18.3 Å². The molecule has 0 bridgehead atoms. The van der Waals surface area contributed by atoms with Crippen molar-refractivity contribution in [2.75, 3.05) is 13.1 Å². The number of hydrogen-bond acceptors (Lipinski definition) is 2. The molecule has 2 rings (SSSR count). The second-order valence-electron chi connectivity index (χ2n) is 4.95. The van der Waals surface area contributed by atoms with E-state index in [2.05, 4.69) is 6.92 Å². The van der Waals surface area contributed by atoms with Gasteiger partial charge in [0.1, 0.15) is 0 Å². The Morgan fingerprint density at radius 2 is 2.06 bits per heavy atom. The topological polar surface area (TPSA) is 46.3 Å². The molecule has 1 aromatic rings. The summed E-state index contributed by atoms with van der Waals surface area (Å²) >= 11 is 0. The number of benzene rings is 1. The van der Waals surface area contributed by atoms with Gasteiger partial charge >= 0.3 is 0 Å². The zero-order valence-corrected chi connectivity index (χ0v) is 11.8. The number of halogens is 1. The first-order valence-electron chi connectivity index (χ1n) is 6.20. The Morgan fingerprint density at radius 3 is 2.67 bits per heavy atom. The van der Waals surface area contributed by atoms with Gasteiger partial charge < -0.3 is 10.6 Å². The van der Waals surface area contributed by atoms with Crippen LogP contribution < -0.4 is 5.73 Å². The van der Waals surface area contributed by atoms with Crippen LogP contribution in [0.4, 0.5) is 0 Å². The fourth-order valence-electron chi connectivity index (χ4n) is 2.25. The smallest absolute Gasteiger partial charge is 0.253 e. The molecule has 1 atom stereocenters. The van der Waals surface area contributed by atoms with Gasteiger partial charge in [-0.05, 0) is 49.9 Å². The van der Waals surface area contributed by atoms with Crippen LogP contribution in [-0.2, 0) is 0 Å². The third-order valence-electron chi connectivity index (χ3n) is 3.50. The number of likely N-dealkylation sites (tertiary alicyclic amines) is 1. The lowest BCUT2D eigenvalue weighted by Gasteiger charge is -2.31. The minimum atomic E-state index is 0. The quantitative estimate of drug-likeness (QED) is 0.849. The summed E-state index contributed by atoms with van der Waals surface area (Å²) in [6, 6.07) is 6.02. The molecule has 0 aliphatic carbocycles. The predicted octanol–water partition coefficient (Wildman–Crippen LogP) is 2.29. The van der Waals surface area contributed by atoms with E-state index >= 15 is 0 Å². The van der Waals surface area contributed by atoms with E-state index < -0.39 is 0 Å². The molecule has 1 aliphatic rings. The van der Waals surface area contributed by atoms with Crippen molar-refractivity contribution in [2.24, 2.45) is 5.73 Å². The number of nitrogens with zero attached hydrogens (tertiary/aromatic N) is 1. The minimum absolute atomic E-state index is 0. The maximum absolute atomic E-state index is 12.3. The third-order valence-corrected chi connectivity index (χ3v) is 3.50. The van der Waals surface area contributed by atoms with Gasteiger partial charge in [-0.1, -0.05) is 6.07 Å². The monoisotopic (exact) mass is 268 g/mol. The van der Waals surface area contributed by atoms with Crippen LogP contribution in [0.1, 0.15) is 34.3 Å². The Hall–Kier alpha value is -1.06. The second kappa shape index (κ2) is 6.21. The highest BCUT2D eigenvalue weighted by atomic mass is 35.5. The molecular formula is C14H21ClN2O. The van der Waals surface area contributed by atoms with Gasteiger partial charge in [0.15, 0.2) is 0 Å². The molecule has 4 heteroatoms. The number of hydrogen-bond donors (Lipinski definition) is 1.